The Morgan fingerprint density at radius 2 is 2.00 bits per heavy atom. The van der Waals surface area contributed by atoms with Crippen molar-refractivity contribution in [1.29, 1.82) is 0 Å². The molecular formula is C21H20FN3O4. The molecule has 150 valence electrons. The quantitative estimate of drug-likeness (QED) is 0.676. The van der Waals surface area contributed by atoms with Gasteiger partial charge >= 0.3 is 0 Å². The molecule has 2 aromatic heterocycles. The molecular weight excluding hydrogens is 377 g/mol. The number of aromatic nitrogens is 2. The number of carbonyl (C=O) groups excluding carboxylic acids is 1. The molecule has 0 unspecified atom stereocenters. The van der Waals surface area contributed by atoms with Crippen molar-refractivity contribution in [2.45, 2.75) is 18.9 Å². The summed E-state index contributed by atoms with van der Waals surface area (Å²) in [5.41, 5.74) is 0.835. The number of amides is 1. The van der Waals surface area contributed by atoms with Gasteiger partial charge < -0.3 is 14.1 Å². The van der Waals surface area contributed by atoms with Crippen LogP contribution in [0.15, 0.2) is 57.9 Å². The lowest BCUT2D eigenvalue weighted by Crippen LogP contribution is -2.41. The number of nitrogens with zero attached hydrogens (tertiary/aromatic N) is 3. The van der Waals surface area contributed by atoms with Gasteiger partial charge in [0, 0.05) is 24.7 Å². The monoisotopic (exact) mass is 397 g/mol. The normalized spacial score (nSPS) is 14.8. The second-order valence-electron chi connectivity index (χ2n) is 6.85. The number of furan rings is 1. The molecule has 4 rings (SSSR count). The van der Waals surface area contributed by atoms with E-state index in [2.05, 4.69) is 5.10 Å². The van der Waals surface area contributed by atoms with Crippen molar-refractivity contribution in [3.8, 4) is 17.0 Å². The average molecular weight is 397 g/mol. The molecule has 7 nitrogen and oxygen atoms in total. The second-order valence-corrected chi connectivity index (χ2v) is 6.85. The zero-order valence-corrected chi connectivity index (χ0v) is 15.9. The minimum Gasteiger partial charge on any atom is -0.494 e. The van der Waals surface area contributed by atoms with Crippen LogP contribution in [0.3, 0.4) is 0 Å². The van der Waals surface area contributed by atoms with Gasteiger partial charge in [-0.05, 0) is 49.2 Å². The predicted molar refractivity (Wildman–Crippen MR) is 103 cm³/mol. The van der Waals surface area contributed by atoms with Crippen LogP contribution in [0.5, 0.6) is 5.75 Å². The highest BCUT2D eigenvalue weighted by atomic mass is 19.1. The van der Waals surface area contributed by atoms with Crippen molar-refractivity contribution in [1.82, 2.24) is 14.7 Å². The number of rotatable bonds is 4. The Morgan fingerprint density at radius 3 is 2.66 bits per heavy atom. The molecule has 0 bridgehead atoms. The summed E-state index contributed by atoms with van der Waals surface area (Å²) in [6.45, 7) is 0.999. The predicted octanol–water partition coefficient (Wildman–Crippen LogP) is 3.13. The molecule has 3 heterocycles. The summed E-state index contributed by atoms with van der Waals surface area (Å²) in [6.07, 6.45) is 2.66. The number of ether oxygens (including phenoxy) is 1. The maximum Gasteiger partial charge on any atom is 0.289 e. The zero-order valence-electron chi connectivity index (χ0n) is 15.9. The van der Waals surface area contributed by atoms with Gasteiger partial charge in [0.05, 0.1) is 25.1 Å². The minimum atomic E-state index is -0.491. The number of halogens is 1. The first-order chi connectivity index (χ1) is 14.1. The standard InChI is InChI=1S/C21H20FN3O4/c1-28-18-6-4-14(13-16(18)22)17-5-7-20(26)25(23-17)15-8-10-24(11-9-15)21(27)19-3-2-12-29-19/h2-7,12-13,15H,8-11H2,1H3. The molecule has 0 aliphatic carbocycles. The topological polar surface area (TPSA) is 77.6 Å². The van der Waals surface area contributed by atoms with Gasteiger partial charge in [-0.25, -0.2) is 9.07 Å². The lowest BCUT2D eigenvalue weighted by molar-refractivity contribution is 0.0656. The summed E-state index contributed by atoms with van der Waals surface area (Å²) in [5.74, 6) is -0.191. The van der Waals surface area contributed by atoms with E-state index in [-0.39, 0.29) is 23.3 Å². The molecule has 0 N–H and O–H groups in total. The highest BCUT2D eigenvalue weighted by molar-refractivity contribution is 5.91. The minimum absolute atomic E-state index is 0.133. The van der Waals surface area contributed by atoms with Gasteiger partial charge in [0.25, 0.3) is 11.5 Å². The molecule has 1 aliphatic rings. The molecule has 0 spiro atoms. The molecule has 0 saturated carbocycles. The Balaban J connectivity index is 1.52. The van der Waals surface area contributed by atoms with Crippen LogP contribution in [-0.2, 0) is 0 Å². The van der Waals surface area contributed by atoms with Crippen LogP contribution < -0.4 is 10.3 Å². The van der Waals surface area contributed by atoms with E-state index in [1.165, 1.54) is 36.3 Å². The van der Waals surface area contributed by atoms with Gasteiger partial charge in [0.2, 0.25) is 0 Å². The van der Waals surface area contributed by atoms with Gasteiger partial charge in [0.1, 0.15) is 0 Å². The number of benzene rings is 1. The number of carbonyl (C=O) groups is 1. The van der Waals surface area contributed by atoms with E-state index in [0.717, 1.165) is 0 Å². The third-order valence-electron chi connectivity index (χ3n) is 5.10. The van der Waals surface area contributed by atoms with Crippen LogP contribution in [0.4, 0.5) is 4.39 Å². The van der Waals surface area contributed by atoms with Crippen molar-refractivity contribution in [2.24, 2.45) is 0 Å². The third kappa shape index (κ3) is 3.78. The molecule has 29 heavy (non-hydrogen) atoms. The van der Waals surface area contributed by atoms with E-state index < -0.39 is 5.82 Å². The second kappa shape index (κ2) is 7.90. The molecule has 8 heteroatoms. The summed E-state index contributed by atoms with van der Waals surface area (Å²) in [7, 11) is 1.40. The summed E-state index contributed by atoms with van der Waals surface area (Å²) >= 11 is 0. The van der Waals surface area contributed by atoms with Crippen molar-refractivity contribution in [3.05, 3.63) is 70.7 Å². The largest absolute Gasteiger partial charge is 0.494 e. The van der Waals surface area contributed by atoms with E-state index >= 15 is 0 Å². The fourth-order valence-electron chi connectivity index (χ4n) is 3.54. The first-order valence-electron chi connectivity index (χ1n) is 9.33. The zero-order chi connectivity index (χ0) is 20.4. The van der Waals surface area contributed by atoms with Gasteiger partial charge in [-0.3, -0.25) is 9.59 Å². The van der Waals surface area contributed by atoms with Crippen molar-refractivity contribution in [2.75, 3.05) is 20.2 Å². The first-order valence-corrected chi connectivity index (χ1v) is 9.33. The van der Waals surface area contributed by atoms with E-state index in [9.17, 15) is 14.0 Å². The Hall–Kier alpha value is -3.42. The highest BCUT2D eigenvalue weighted by Crippen LogP contribution is 2.26. The molecule has 1 aliphatic heterocycles. The summed E-state index contributed by atoms with van der Waals surface area (Å²) < 4.78 is 25.6. The van der Waals surface area contributed by atoms with Crippen LogP contribution in [0.2, 0.25) is 0 Å². The molecule has 1 amide bonds. The maximum atomic E-state index is 14.0. The van der Waals surface area contributed by atoms with Crippen molar-refractivity contribution in [3.63, 3.8) is 0 Å². The van der Waals surface area contributed by atoms with Crippen molar-refractivity contribution < 1.29 is 18.3 Å². The maximum absolute atomic E-state index is 14.0. The SMILES string of the molecule is COc1ccc(-c2ccc(=O)n(C3CCN(C(=O)c4ccco4)CC3)n2)cc1F. The number of methoxy groups -OCH3 is 1. The van der Waals surface area contributed by atoms with E-state index in [1.807, 2.05) is 0 Å². The van der Waals surface area contributed by atoms with Gasteiger partial charge in [-0.15, -0.1) is 0 Å². The lowest BCUT2D eigenvalue weighted by Gasteiger charge is -2.31. The smallest absolute Gasteiger partial charge is 0.289 e. The van der Waals surface area contributed by atoms with Crippen LogP contribution in [0.25, 0.3) is 11.3 Å². The summed E-state index contributed by atoms with van der Waals surface area (Å²) in [5, 5.41) is 4.46. The van der Waals surface area contributed by atoms with Gasteiger partial charge in [-0.2, -0.15) is 5.10 Å². The molecule has 1 aromatic carbocycles. The van der Waals surface area contributed by atoms with Gasteiger partial charge in [-0.1, -0.05) is 0 Å². The molecule has 0 radical (unpaired) electrons. The van der Waals surface area contributed by atoms with E-state index in [1.54, 1.807) is 29.2 Å². The van der Waals surface area contributed by atoms with Crippen LogP contribution in [0, 0.1) is 5.82 Å². The first kappa shape index (κ1) is 18.9. The fourth-order valence-corrected chi connectivity index (χ4v) is 3.54. The number of piperidine rings is 1. The number of likely N-dealkylation sites (tertiary alicyclic amines) is 1. The molecule has 1 fully saturated rings. The van der Waals surface area contributed by atoms with Gasteiger partial charge in [0.15, 0.2) is 17.3 Å². The van der Waals surface area contributed by atoms with Crippen LogP contribution in [-0.4, -0.2) is 40.8 Å². The summed E-state index contributed by atoms with van der Waals surface area (Å²) in [6, 6.07) is 10.8. The highest BCUT2D eigenvalue weighted by Gasteiger charge is 2.27. The Labute approximate surface area is 166 Å². The Morgan fingerprint density at radius 1 is 1.21 bits per heavy atom. The molecule has 1 saturated heterocycles. The molecule has 3 aromatic rings. The summed E-state index contributed by atoms with van der Waals surface area (Å²) in [4.78, 5) is 26.5. The Kier molecular flexibility index (Phi) is 5.16. The van der Waals surface area contributed by atoms with E-state index in [0.29, 0.717) is 42.9 Å². The van der Waals surface area contributed by atoms with Crippen LogP contribution in [0.1, 0.15) is 29.4 Å². The lowest BCUT2D eigenvalue weighted by atomic mass is 10.0. The third-order valence-corrected chi connectivity index (χ3v) is 5.10. The Bertz CT molecular complexity index is 1070. The number of hydrogen-bond donors (Lipinski definition) is 0. The van der Waals surface area contributed by atoms with E-state index in [4.69, 9.17) is 9.15 Å². The average Bonchev–Trinajstić information content (AvgIpc) is 3.28. The van der Waals surface area contributed by atoms with Crippen LogP contribution >= 0.6 is 0 Å². The fraction of sp³-hybridized carbons (Fsp3) is 0.286. The number of hydrogen-bond acceptors (Lipinski definition) is 5. The van der Waals surface area contributed by atoms with Crippen molar-refractivity contribution >= 4 is 5.91 Å². The molecule has 0 atom stereocenters.